The Morgan fingerprint density at radius 2 is 1.35 bits per heavy atom. The SMILES string of the molecule is CCOc1ccccc1OC(=O)[C@@H](Cc1ccccc1)N1C(=O)c2ccccc2C1=O. The molecule has 156 valence electrons. The zero-order valence-corrected chi connectivity index (χ0v) is 17.0. The second-order valence-corrected chi connectivity index (χ2v) is 7.03. The number of imide groups is 1. The predicted molar refractivity (Wildman–Crippen MR) is 114 cm³/mol. The molecule has 2 amide bonds. The fourth-order valence-electron chi connectivity index (χ4n) is 3.59. The van der Waals surface area contributed by atoms with Crippen LogP contribution in [0.5, 0.6) is 11.5 Å². The average molecular weight is 415 g/mol. The maximum Gasteiger partial charge on any atom is 0.335 e. The minimum atomic E-state index is -1.12. The summed E-state index contributed by atoms with van der Waals surface area (Å²) >= 11 is 0. The van der Waals surface area contributed by atoms with Gasteiger partial charge in [0.05, 0.1) is 17.7 Å². The Bertz CT molecular complexity index is 1090. The molecule has 0 radical (unpaired) electrons. The Balaban J connectivity index is 1.68. The molecule has 0 saturated carbocycles. The number of carbonyl (C=O) groups excluding carboxylic acids is 3. The predicted octanol–water partition coefficient (Wildman–Crippen LogP) is 3.90. The molecule has 1 atom stereocenters. The van der Waals surface area contributed by atoms with E-state index in [4.69, 9.17) is 9.47 Å². The van der Waals surface area contributed by atoms with E-state index in [-0.39, 0.29) is 23.3 Å². The molecule has 0 saturated heterocycles. The van der Waals surface area contributed by atoms with Gasteiger partial charge in [0.1, 0.15) is 6.04 Å². The van der Waals surface area contributed by atoms with E-state index >= 15 is 0 Å². The van der Waals surface area contributed by atoms with Gasteiger partial charge in [-0.2, -0.15) is 0 Å². The summed E-state index contributed by atoms with van der Waals surface area (Å²) in [6, 6.07) is 21.5. The first-order chi connectivity index (χ1) is 15.1. The van der Waals surface area contributed by atoms with Gasteiger partial charge in [-0.05, 0) is 36.8 Å². The smallest absolute Gasteiger partial charge is 0.335 e. The molecule has 31 heavy (non-hydrogen) atoms. The van der Waals surface area contributed by atoms with Crippen LogP contribution in [0.15, 0.2) is 78.9 Å². The van der Waals surface area contributed by atoms with Gasteiger partial charge in [-0.15, -0.1) is 0 Å². The fraction of sp³-hybridized carbons (Fsp3) is 0.160. The Hall–Kier alpha value is -3.93. The van der Waals surface area contributed by atoms with Crippen molar-refractivity contribution in [3.63, 3.8) is 0 Å². The number of amides is 2. The van der Waals surface area contributed by atoms with Gasteiger partial charge in [-0.1, -0.05) is 54.6 Å². The van der Waals surface area contributed by atoms with Gasteiger partial charge in [0.2, 0.25) is 0 Å². The first-order valence-electron chi connectivity index (χ1n) is 10.0. The number of benzene rings is 3. The summed E-state index contributed by atoms with van der Waals surface area (Å²) in [5.74, 6) is -1.05. The summed E-state index contributed by atoms with van der Waals surface area (Å²) in [6.45, 7) is 2.23. The van der Waals surface area contributed by atoms with Gasteiger partial charge in [0, 0.05) is 6.42 Å². The third kappa shape index (κ3) is 4.05. The highest BCUT2D eigenvalue weighted by atomic mass is 16.6. The van der Waals surface area contributed by atoms with Crippen LogP contribution in [0.4, 0.5) is 0 Å². The van der Waals surface area contributed by atoms with Crippen LogP contribution in [0.25, 0.3) is 0 Å². The molecule has 6 heteroatoms. The molecular weight excluding hydrogens is 394 g/mol. The van der Waals surface area contributed by atoms with Gasteiger partial charge < -0.3 is 9.47 Å². The molecule has 3 aromatic carbocycles. The summed E-state index contributed by atoms with van der Waals surface area (Å²) < 4.78 is 11.2. The van der Waals surface area contributed by atoms with E-state index in [1.54, 1.807) is 48.5 Å². The van der Waals surface area contributed by atoms with Crippen molar-refractivity contribution in [2.45, 2.75) is 19.4 Å². The van der Waals surface area contributed by atoms with Gasteiger partial charge in [-0.3, -0.25) is 14.5 Å². The normalized spacial score (nSPS) is 13.6. The summed E-state index contributed by atoms with van der Waals surface area (Å²) in [4.78, 5) is 40.4. The molecular formula is C25H21NO5. The average Bonchev–Trinajstić information content (AvgIpc) is 3.04. The van der Waals surface area contributed by atoms with Crippen LogP contribution in [0.1, 0.15) is 33.2 Å². The largest absolute Gasteiger partial charge is 0.490 e. The Morgan fingerprint density at radius 3 is 1.97 bits per heavy atom. The van der Waals surface area contributed by atoms with E-state index in [9.17, 15) is 14.4 Å². The number of rotatable bonds is 7. The van der Waals surface area contributed by atoms with Gasteiger partial charge in [0.25, 0.3) is 11.8 Å². The van der Waals surface area contributed by atoms with Crippen molar-refractivity contribution in [2.24, 2.45) is 0 Å². The van der Waals surface area contributed by atoms with Crippen LogP contribution in [0.3, 0.4) is 0 Å². The molecule has 3 aromatic rings. The van der Waals surface area contributed by atoms with Crippen LogP contribution in [0.2, 0.25) is 0 Å². The highest BCUT2D eigenvalue weighted by Crippen LogP contribution is 2.30. The van der Waals surface area contributed by atoms with Crippen molar-refractivity contribution >= 4 is 17.8 Å². The van der Waals surface area contributed by atoms with Crippen LogP contribution >= 0.6 is 0 Å². The Morgan fingerprint density at radius 1 is 0.806 bits per heavy atom. The Kier molecular flexibility index (Phi) is 5.80. The fourth-order valence-corrected chi connectivity index (χ4v) is 3.59. The molecule has 0 spiro atoms. The van der Waals surface area contributed by atoms with E-state index in [0.717, 1.165) is 10.5 Å². The van der Waals surface area contributed by atoms with Crippen molar-refractivity contribution in [3.8, 4) is 11.5 Å². The number of para-hydroxylation sites is 2. The summed E-state index contributed by atoms with van der Waals surface area (Å²) in [6.07, 6.45) is 0.141. The van der Waals surface area contributed by atoms with Crippen molar-refractivity contribution in [2.75, 3.05) is 6.61 Å². The number of carbonyl (C=O) groups is 3. The zero-order chi connectivity index (χ0) is 21.8. The minimum absolute atomic E-state index is 0.141. The highest BCUT2D eigenvalue weighted by Gasteiger charge is 2.43. The molecule has 0 aromatic heterocycles. The van der Waals surface area contributed by atoms with Crippen molar-refractivity contribution in [1.29, 1.82) is 0 Å². The van der Waals surface area contributed by atoms with Crippen LogP contribution < -0.4 is 9.47 Å². The lowest BCUT2D eigenvalue weighted by Gasteiger charge is -2.25. The standard InChI is InChI=1S/C25H21NO5/c1-2-30-21-14-8-9-15-22(21)31-25(29)20(16-17-10-4-3-5-11-17)26-23(27)18-12-6-7-13-19(18)24(26)28/h3-15,20H,2,16H2,1H3/t20-/m1/s1. The lowest BCUT2D eigenvalue weighted by Crippen LogP contribution is -2.48. The molecule has 0 N–H and O–H groups in total. The number of fused-ring (bicyclic) bond motifs is 1. The van der Waals surface area contributed by atoms with E-state index in [2.05, 4.69) is 0 Å². The van der Waals surface area contributed by atoms with Gasteiger partial charge >= 0.3 is 5.97 Å². The second kappa shape index (κ2) is 8.83. The van der Waals surface area contributed by atoms with Crippen molar-refractivity contribution in [3.05, 3.63) is 95.6 Å². The Labute approximate surface area is 180 Å². The van der Waals surface area contributed by atoms with E-state index in [1.807, 2.05) is 37.3 Å². The lowest BCUT2D eigenvalue weighted by molar-refractivity contribution is -0.138. The molecule has 1 aliphatic heterocycles. The monoisotopic (exact) mass is 415 g/mol. The summed E-state index contributed by atoms with van der Waals surface area (Å²) in [5.41, 5.74) is 1.38. The number of hydrogen-bond donors (Lipinski definition) is 0. The quantitative estimate of drug-likeness (QED) is 0.332. The molecule has 0 fully saturated rings. The maximum atomic E-state index is 13.3. The summed E-state index contributed by atoms with van der Waals surface area (Å²) in [5, 5.41) is 0. The minimum Gasteiger partial charge on any atom is -0.490 e. The van der Waals surface area contributed by atoms with Crippen molar-refractivity contribution in [1.82, 2.24) is 4.90 Å². The van der Waals surface area contributed by atoms with Crippen LogP contribution in [-0.2, 0) is 11.2 Å². The van der Waals surface area contributed by atoms with Crippen LogP contribution in [0, 0.1) is 0 Å². The van der Waals surface area contributed by atoms with Crippen LogP contribution in [-0.4, -0.2) is 35.3 Å². The number of hydrogen-bond acceptors (Lipinski definition) is 5. The van der Waals surface area contributed by atoms with Gasteiger partial charge in [0.15, 0.2) is 11.5 Å². The highest BCUT2D eigenvalue weighted by molar-refractivity contribution is 6.22. The third-order valence-electron chi connectivity index (χ3n) is 5.04. The molecule has 4 rings (SSSR count). The van der Waals surface area contributed by atoms with E-state index < -0.39 is 23.8 Å². The number of ether oxygens (including phenoxy) is 2. The number of esters is 1. The van der Waals surface area contributed by atoms with E-state index in [0.29, 0.717) is 12.4 Å². The maximum absolute atomic E-state index is 13.3. The molecule has 6 nitrogen and oxygen atoms in total. The second-order valence-electron chi connectivity index (χ2n) is 7.03. The summed E-state index contributed by atoms with van der Waals surface area (Å²) in [7, 11) is 0. The lowest BCUT2D eigenvalue weighted by atomic mass is 10.0. The van der Waals surface area contributed by atoms with E-state index in [1.165, 1.54) is 0 Å². The topological polar surface area (TPSA) is 72.9 Å². The number of nitrogens with zero attached hydrogens (tertiary/aromatic N) is 1. The van der Waals surface area contributed by atoms with Gasteiger partial charge in [-0.25, -0.2) is 4.79 Å². The third-order valence-corrected chi connectivity index (χ3v) is 5.04. The first-order valence-corrected chi connectivity index (χ1v) is 10.0. The zero-order valence-electron chi connectivity index (χ0n) is 17.0. The molecule has 1 aliphatic rings. The van der Waals surface area contributed by atoms with Crippen molar-refractivity contribution < 1.29 is 23.9 Å². The molecule has 1 heterocycles. The first kappa shape index (κ1) is 20.3. The molecule has 0 bridgehead atoms. The molecule has 0 aliphatic carbocycles. The molecule has 0 unspecified atom stereocenters.